The van der Waals surface area contributed by atoms with Crippen molar-refractivity contribution in [2.45, 2.75) is 77.6 Å². The largest absolute Gasteiger partial charge is 0.504 e. The summed E-state index contributed by atoms with van der Waals surface area (Å²) in [6.45, 7) is 3.78. The predicted molar refractivity (Wildman–Crippen MR) is 150 cm³/mol. The van der Waals surface area contributed by atoms with E-state index in [0.717, 1.165) is 57.1 Å². The van der Waals surface area contributed by atoms with E-state index in [-0.39, 0.29) is 11.5 Å². The zero-order valence-electron chi connectivity index (χ0n) is 20.8. The van der Waals surface area contributed by atoms with Crippen LogP contribution in [0.4, 0.5) is 0 Å². The highest BCUT2D eigenvalue weighted by Gasteiger charge is 2.01. The molecular weight excluding hydrogens is 440 g/mol. The Hall–Kier alpha value is -2.53. The average molecular weight is 485 g/mol. The molecule has 0 saturated heterocycles. The third-order valence-electron chi connectivity index (χ3n) is 5.28. The Morgan fingerprint density at radius 3 is 1.88 bits per heavy atom. The highest BCUT2D eigenvalue weighted by molar-refractivity contribution is 7.80. The molecule has 0 heterocycles. The zero-order valence-corrected chi connectivity index (χ0v) is 21.7. The molecule has 1 aromatic carbocycles. The smallest absolute Gasteiger partial charge is 0.166 e. The number of hydrogen-bond donors (Lipinski definition) is 4. The molecule has 0 fully saturated rings. The number of benzene rings is 1. The number of phenols is 2. The number of nitrogens with one attached hydrogen (secondary N) is 2. The predicted octanol–water partition coefficient (Wildman–Crippen LogP) is 7.25. The van der Waals surface area contributed by atoms with Crippen LogP contribution in [0.3, 0.4) is 0 Å². The quantitative estimate of drug-likeness (QED) is 0.0765. The molecule has 0 unspecified atom stereocenters. The zero-order chi connectivity index (χ0) is 24.7. The van der Waals surface area contributed by atoms with Crippen LogP contribution in [0.25, 0.3) is 0 Å². The molecule has 0 saturated carbocycles. The van der Waals surface area contributed by atoms with Crippen molar-refractivity contribution >= 4 is 17.3 Å². The molecule has 4 N–H and O–H groups in total. The van der Waals surface area contributed by atoms with Gasteiger partial charge in [-0.05, 0) is 87.7 Å². The highest BCUT2D eigenvalue weighted by atomic mass is 32.1. The van der Waals surface area contributed by atoms with Gasteiger partial charge < -0.3 is 20.8 Å². The van der Waals surface area contributed by atoms with Crippen LogP contribution in [0.15, 0.2) is 66.8 Å². The lowest BCUT2D eigenvalue weighted by atomic mass is 10.1. The Kier molecular flexibility index (Phi) is 18.3. The van der Waals surface area contributed by atoms with E-state index < -0.39 is 0 Å². The number of hydrogen-bond acceptors (Lipinski definition) is 3. The molecule has 0 aliphatic heterocycles. The molecule has 0 aliphatic rings. The Bertz CT molecular complexity index is 784. The summed E-state index contributed by atoms with van der Waals surface area (Å²) in [6, 6.07) is 4.87. The highest BCUT2D eigenvalue weighted by Crippen LogP contribution is 2.24. The second kappa shape index (κ2) is 21.0. The standard InChI is InChI=1S/C29H44N2O2S/c1-2-3-4-5-6-7-8-9-10-11-12-13-14-15-16-17-18-19-23-30-29(34)31-24-22-26-20-21-27(32)28(33)25-26/h6-7,9-10,12-13,15-16,20-21,25,32-33H,2-5,8,11,14,17-19,22-24H2,1H3,(H2,30,31,34)/b7-6-,10-9-,13-12-,16-15-. The Labute approximate surface area is 212 Å². The van der Waals surface area contributed by atoms with Gasteiger partial charge in [-0.15, -0.1) is 0 Å². The minimum Gasteiger partial charge on any atom is -0.504 e. The van der Waals surface area contributed by atoms with Crippen LogP contribution >= 0.6 is 12.2 Å². The Morgan fingerprint density at radius 1 is 0.735 bits per heavy atom. The van der Waals surface area contributed by atoms with E-state index in [4.69, 9.17) is 12.2 Å². The molecule has 188 valence electrons. The van der Waals surface area contributed by atoms with Crippen LogP contribution in [0.2, 0.25) is 0 Å². The van der Waals surface area contributed by atoms with Gasteiger partial charge >= 0.3 is 0 Å². The van der Waals surface area contributed by atoms with Crippen LogP contribution in [0, 0.1) is 0 Å². The molecule has 34 heavy (non-hydrogen) atoms. The topological polar surface area (TPSA) is 64.5 Å². The maximum absolute atomic E-state index is 9.51. The molecule has 0 radical (unpaired) electrons. The van der Waals surface area contributed by atoms with Gasteiger partial charge in [-0.25, -0.2) is 0 Å². The van der Waals surface area contributed by atoms with Gasteiger partial charge in [-0.2, -0.15) is 0 Å². The molecule has 5 heteroatoms. The van der Waals surface area contributed by atoms with Gasteiger partial charge in [0.05, 0.1) is 0 Å². The first-order valence-corrected chi connectivity index (χ1v) is 13.2. The van der Waals surface area contributed by atoms with Gasteiger partial charge in [0.1, 0.15) is 0 Å². The van der Waals surface area contributed by atoms with Gasteiger partial charge in [0.15, 0.2) is 16.6 Å². The SMILES string of the molecule is CCCCC/C=C\C/C=C\C/C=C\C/C=C\CCCCNC(=S)NCCc1ccc(O)c(O)c1. The summed E-state index contributed by atoms with van der Waals surface area (Å²) in [7, 11) is 0. The lowest BCUT2D eigenvalue weighted by Crippen LogP contribution is -2.36. The van der Waals surface area contributed by atoms with Crippen molar-refractivity contribution in [3.05, 3.63) is 72.4 Å². The summed E-state index contributed by atoms with van der Waals surface area (Å²) >= 11 is 5.29. The van der Waals surface area contributed by atoms with E-state index in [1.807, 2.05) is 0 Å². The summed E-state index contributed by atoms with van der Waals surface area (Å²) in [5, 5.41) is 25.9. The normalized spacial score (nSPS) is 11.9. The second-order valence-electron chi connectivity index (χ2n) is 8.34. The Balaban J connectivity index is 1.92. The van der Waals surface area contributed by atoms with Crippen molar-refractivity contribution in [1.29, 1.82) is 0 Å². The van der Waals surface area contributed by atoms with Crippen LogP contribution < -0.4 is 10.6 Å². The third-order valence-corrected chi connectivity index (χ3v) is 5.57. The molecule has 4 nitrogen and oxygen atoms in total. The molecule has 0 spiro atoms. The Morgan fingerprint density at radius 2 is 1.29 bits per heavy atom. The summed E-state index contributed by atoms with van der Waals surface area (Å²) in [4.78, 5) is 0. The lowest BCUT2D eigenvalue weighted by molar-refractivity contribution is 0.403. The van der Waals surface area contributed by atoms with E-state index in [1.54, 1.807) is 12.1 Å². The maximum atomic E-state index is 9.51. The number of phenolic OH excluding ortho intramolecular Hbond substituents is 2. The second-order valence-corrected chi connectivity index (χ2v) is 8.75. The fraction of sp³-hybridized carbons (Fsp3) is 0.483. The third kappa shape index (κ3) is 17.0. The van der Waals surface area contributed by atoms with Crippen molar-refractivity contribution in [1.82, 2.24) is 10.6 Å². The monoisotopic (exact) mass is 484 g/mol. The van der Waals surface area contributed by atoms with Crippen LogP contribution in [0.5, 0.6) is 11.5 Å². The summed E-state index contributed by atoms with van der Waals surface area (Å²) in [5.41, 5.74) is 0.949. The number of aromatic hydroxyl groups is 2. The molecule has 0 atom stereocenters. The number of allylic oxidation sites excluding steroid dienone is 8. The van der Waals surface area contributed by atoms with Crippen molar-refractivity contribution in [3.63, 3.8) is 0 Å². The lowest BCUT2D eigenvalue weighted by Gasteiger charge is -2.10. The van der Waals surface area contributed by atoms with Crippen LogP contribution in [-0.2, 0) is 6.42 Å². The van der Waals surface area contributed by atoms with Crippen molar-refractivity contribution in [2.24, 2.45) is 0 Å². The van der Waals surface area contributed by atoms with E-state index in [2.05, 4.69) is 66.2 Å². The first-order valence-electron chi connectivity index (χ1n) is 12.8. The van der Waals surface area contributed by atoms with Gasteiger partial charge in [0, 0.05) is 13.1 Å². The number of thiocarbonyl (C=S) groups is 1. The molecule has 0 bridgehead atoms. The van der Waals surface area contributed by atoms with Crippen LogP contribution in [-0.4, -0.2) is 28.4 Å². The van der Waals surface area contributed by atoms with Crippen molar-refractivity contribution in [3.8, 4) is 11.5 Å². The minimum absolute atomic E-state index is 0.0904. The fourth-order valence-electron chi connectivity index (χ4n) is 3.26. The van der Waals surface area contributed by atoms with E-state index in [1.165, 1.54) is 31.7 Å². The van der Waals surface area contributed by atoms with E-state index in [9.17, 15) is 10.2 Å². The maximum Gasteiger partial charge on any atom is 0.166 e. The van der Waals surface area contributed by atoms with Crippen molar-refractivity contribution in [2.75, 3.05) is 13.1 Å². The van der Waals surface area contributed by atoms with Gasteiger partial charge in [0.25, 0.3) is 0 Å². The summed E-state index contributed by atoms with van der Waals surface area (Å²) in [6.07, 6.45) is 30.2. The first kappa shape index (κ1) is 29.5. The number of rotatable bonds is 18. The first-order chi connectivity index (χ1) is 16.6. The van der Waals surface area contributed by atoms with Crippen LogP contribution in [0.1, 0.15) is 76.7 Å². The van der Waals surface area contributed by atoms with Gasteiger partial charge in [-0.1, -0.05) is 74.4 Å². The van der Waals surface area contributed by atoms with Crippen molar-refractivity contribution < 1.29 is 10.2 Å². The summed E-state index contributed by atoms with van der Waals surface area (Å²) in [5.74, 6) is -0.188. The fourth-order valence-corrected chi connectivity index (χ4v) is 3.46. The van der Waals surface area contributed by atoms with Gasteiger partial charge in [-0.3, -0.25) is 0 Å². The number of unbranched alkanes of at least 4 members (excludes halogenated alkanes) is 5. The molecule has 0 aromatic heterocycles. The van der Waals surface area contributed by atoms with Gasteiger partial charge in [0.2, 0.25) is 0 Å². The molecule has 1 rings (SSSR count). The average Bonchev–Trinajstić information content (AvgIpc) is 2.83. The molecule has 0 aliphatic carbocycles. The summed E-state index contributed by atoms with van der Waals surface area (Å²) < 4.78 is 0. The minimum atomic E-state index is -0.0972. The van der Waals surface area contributed by atoms with E-state index >= 15 is 0 Å². The molecule has 1 aromatic rings. The molecular formula is C29H44N2O2S. The molecule has 0 amide bonds. The van der Waals surface area contributed by atoms with E-state index in [0.29, 0.717) is 11.7 Å².